The fraction of sp³-hybridized carbons (Fsp3) is 0.400. The molecule has 1 aromatic rings. The molecule has 92 valence electrons. The van der Waals surface area contributed by atoms with Crippen LogP contribution in [0.25, 0.3) is 0 Å². The van der Waals surface area contributed by atoms with Gasteiger partial charge in [0, 0.05) is 0 Å². The molecule has 0 saturated carbocycles. The van der Waals surface area contributed by atoms with Gasteiger partial charge in [-0.15, -0.1) is 0 Å². The Labute approximate surface area is 103 Å². The molecule has 0 atom stereocenters. The molecule has 0 bridgehead atoms. The van der Waals surface area contributed by atoms with Gasteiger partial charge in [0.2, 0.25) is 0 Å². The van der Waals surface area contributed by atoms with E-state index in [-0.39, 0.29) is 5.97 Å². The minimum absolute atomic E-state index is 0.153. The van der Waals surface area contributed by atoms with E-state index >= 15 is 0 Å². The highest BCUT2D eigenvalue weighted by Crippen LogP contribution is 2.23. The van der Waals surface area contributed by atoms with Gasteiger partial charge in [0.1, 0.15) is 6.61 Å². The summed E-state index contributed by atoms with van der Waals surface area (Å²) < 4.78 is 5.32. The number of carbonyl (C=O) groups excluding carboxylic acids is 1. The van der Waals surface area contributed by atoms with Crippen LogP contribution < -0.4 is 0 Å². The van der Waals surface area contributed by atoms with Crippen molar-refractivity contribution >= 4 is 5.97 Å². The SMILES string of the molecule is C/C=C/CC(C)(C)C(=O)OCc1ccccc1. The van der Waals surface area contributed by atoms with Crippen molar-refractivity contribution in [1.82, 2.24) is 0 Å². The first kappa shape index (κ1) is 13.5. The second-order valence-electron chi connectivity index (χ2n) is 4.72. The number of carbonyl (C=O) groups is 1. The molecule has 1 aromatic carbocycles. The summed E-state index contributed by atoms with van der Waals surface area (Å²) in [5.74, 6) is -0.153. The molecule has 0 unspecified atom stereocenters. The van der Waals surface area contributed by atoms with Gasteiger partial charge in [-0.05, 0) is 32.8 Å². The van der Waals surface area contributed by atoms with E-state index in [2.05, 4.69) is 0 Å². The summed E-state index contributed by atoms with van der Waals surface area (Å²) in [7, 11) is 0. The summed E-state index contributed by atoms with van der Waals surface area (Å²) in [5, 5.41) is 0. The lowest BCUT2D eigenvalue weighted by molar-refractivity contribution is -0.155. The van der Waals surface area contributed by atoms with Crippen LogP contribution in [0.5, 0.6) is 0 Å². The summed E-state index contributed by atoms with van der Waals surface area (Å²) in [6.07, 6.45) is 4.65. The van der Waals surface area contributed by atoms with Gasteiger partial charge in [-0.25, -0.2) is 0 Å². The van der Waals surface area contributed by atoms with Gasteiger partial charge in [0.15, 0.2) is 0 Å². The lowest BCUT2D eigenvalue weighted by atomic mass is 9.89. The molecule has 0 heterocycles. The summed E-state index contributed by atoms with van der Waals surface area (Å²) in [4.78, 5) is 11.9. The van der Waals surface area contributed by atoms with E-state index in [0.717, 1.165) is 5.56 Å². The Morgan fingerprint density at radius 1 is 1.29 bits per heavy atom. The maximum atomic E-state index is 11.9. The molecule has 0 N–H and O–H groups in total. The minimum atomic E-state index is -0.457. The molecule has 0 fully saturated rings. The summed E-state index contributed by atoms with van der Waals surface area (Å²) in [6.45, 7) is 6.10. The average Bonchev–Trinajstić information content (AvgIpc) is 2.34. The third-order valence-corrected chi connectivity index (χ3v) is 2.63. The van der Waals surface area contributed by atoms with E-state index in [0.29, 0.717) is 13.0 Å². The average molecular weight is 232 g/mol. The lowest BCUT2D eigenvalue weighted by Crippen LogP contribution is -2.25. The molecule has 0 aromatic heterocycles. The van der Waals surface area contributed by atoms with Crippen LogP contribution in [0.3, 0.4) is 0 Å². The van der Waals surface area contributed by atoms with Crippen molar-refractivity contribution in [3.05, 3.63) is 48.0 Å². The van der Waals surface area contributed by atoms with Crippen LogP contribution in [-0.4, -0.2) is 5.97 Å². The molecule has 0 amide bonds. The van der Waals surface area contributed by atoms with Gasteiger partial charge < -0.3 is 4.74 Å². The van der Waals surface area contributed by atoms with Crippen molar-refractivity contribution in [2.24, 2.45) is 5.41 Å². The van der Waals surface area contributed by atoms with Crippen molar-refractivity contribution in [2.75, 3.05) is 0 Å². The Bertz CT molecular complexity index is 377. The monoisotopic (exact) mass is 232 g/mol. The number of hydrogen-bond acceptors (Lipinski definition) is 2. The second kappa shape index (κ2) is 6.24. The number of ether oxygens (including phenoxy) is 1. The maximum Gasteiger partial charge on any atom is 0.312 e. The quantitative estimate of drug-likeness (QED) is 0.571. The fourth-order valence-electron chi connectivity index (χ4n) is 1.41. The zero-order chi connectivity index (χ0) is 12.7. The molecule has 0 aliphatic carbocycles. The third-order valence-electron chi connectivity index (χ3n) is 2.63. The molecule has 0 radical (unpaired) electrons. The normalized spacial score (nSPS) is 11.7. The van der Waals surface area contributed by atoms with Gasteiger partial charge in [-0.2, -0.15) is 0 Å². The maximum absolute atomic E-state index is 11.9. The molecule has 1 rings (SSSR count). The smallest absolute Gasteiger partial charge is 0.312 e. The highest BCUT2D eigenvalue weighted by atomic mass is 16.5. The molecule has 2 heteroatoms. The largest absolute Gasteiger partial charge is 0.460 e. The molecular weight excluding hydrogens is 212 g/mol. The zero-order valence-corrected chi connectivity index (χ0v) is 10.8. The highest BCUT2D eigenvalue weighted by molar-refractivity contribution is 5.76. The zero-order valence-electron chi connectivity index (χ0n) is 10.8. The Hall–Kier alpha value is -1.57. The number of rotatable bonds is 5. The van der Waals surface area contributed by atoms with Crippen molar-refractivity contribution in [1.29, 1.82) is 0 Å². The highest BCUT2D eigenvalue weighted by Gasteiger charge is 2.27. The van der Waals surface area contributed by atoms with Gasteiger partial charge in [-0.1, -0.05) is 42.5 Å². The first-order valence-electron chi connectivity index (χ1n) is 5.88. The Morgan fingerprint density at radius 3 is 2.53 bits per heavy atom. The van der Waals surface area contributed by atoms with Crippen LogP contribution in [0, 0.1) is 5.41 Å². The van der Waals surface area contributed by atoms with Crippen LogP contribution in [0.1, 0.15) is 32.8 Å². The molecule has 2 nitrogen and oxygen atoms in total. The van der Waals surface area contributed by atoms with E-state index in [1.54, 1.807) is 0 Å². The van der Waals surface area contributed by atoms with Crippen molar-refractivity contribution in [3.63, 3.8) is 0 Å². The number of hydrogen-bond donors (Lipinski definition) is 0. The van der Waals surface area contributed by atoms with E-state index in [1.165, 1.54) is 0 Å². The topological polar surface area (TPSA) is 26.3 Å². The lowest BCUT2D eigenvalue weighted by Gasteiger charge is -2.20. The van der Waals surface area contributed by atoms with Gasteiger partial charge in [-0.3, -0.25) is 4.79 Å². The molecular formula is C15H20O2. The first-order valence-corrected chi connectivity index (χ1v) is 5.88. The standard InChI is InChI=1S/C15H20O2/c1-4-5-11-15(2,3)14(16)17-12-13-9-7-6-8-10-13/h4-10H,11-12H2,1-3H3/b5-4+. The number of allylic oxidation sites excluding steroid dienone is 2. The van der Waals surface area contributed by atoms with E-state index in [4.69, 9.17) is 4.74 Å². The van der Waals surface area contributed by atoms with Gasteiger partial charge in [0.05, 0.1) is 5.41 Å². The number of esters is 1. The predicted molar refractivity (Wildman–Crippen MR) is 69.5 cm³/mol. The number of benzene rings is 1. The first-order chi connectivity index (χ1) is 8.06. The summed E-state index contributed by atoms with van der Waals surface area (Å²) >= 11 is 0. The Morgan fingerprint density at radius 2 is 1.94 bits per heavy atom. The van der Waals surface area contributed by atoms with Crippen LogP contribution in [0.15, 0.2) is 42.5 Å². The fourth-order valence-corrected chi connectivity index (χ4v) is 1.41. The molecule has 0 spiro atoms. The van der Waals surface area contributed by atoms with E-state index < -0.39 is 5.41 Å². The molecule has 0 aliphatic rings. The van der Waals surface area contributed by atoms with Crippen molar-refractivity contribution < 1.29 is 9.53 Å². The Balaban J connectivity index is 2.49. The predicted octanol–water partition coefficient (Wildman–Crippen LogP) is 3.72. The summed E-state index contributed by atoms with van der Waals surface area (Å²) in [6, 6.07) is 9.72. The van der Waals surface area contributed by atoms with Crippen LogP contribution in [0.2, 0.25) is 0 Å². The van der Waals surface area contributed by atoms with Crippen LogP contribution in [-0.2, 0) is 16.1 Å². The summed E-state index contributed by atoms with van der Waals surface area (Å²) in [5.41, 5.74) is 0.559. The van der Waals surface area contributed by atoms with E-state index in [1.807, 2.05) is 63.3 Å². The van der Waals surface area contributed by atoms with Gasteiger partial charge in [0.25, 0.3) is 0 Å². The third kappa shape index (κ3) is 4.43. The van der Waals surface area contributed by atoms with Gasteiger partial charge >= 0.3 is 5.97 Å². The van der Waals surface area contributed by atoms with Crippen molar-refractivity contribution in [3.8, 4) is 0 Å². The second-order valence-corrected chi connectivity index (χ2v) is 4.72. The van der Waals surface area contributed by atoms with Crippen molar-refractivity contribution in [2.45, 2.75) is 33.8 Å². The molecule has 17 heavy (non-hydrogen) atoms. The molecule has 0 aliphatic heterocycles. The van der Waals surface area contributed by atoms with Crippen LogP contribution >= 0.6 is 0 Å². The molecule has 0 saturated heterocycles. The Kier molecular flexibility index (Phi) is 4.95. The van der Waals surface area contributed by atoms with Crippen LogP contribution in [0.4, 0.5) is 0 Å². The minimum Gasteiger partial charge on any atom is -0.460 e. The van der Waals surface area contributed by atoms with E-state index in [9.17, 15) is 4.79 Å².